The lowest BCUT2D eigenvalue weighted by molar-refractivity contribution is 0.336. The lowest BCUT2D eigenvalue weighted by Crippen LogP contribution is -2.01. The average molecular weight is 270 g/mol. The summed E-state index contributed by atoms with van der Waals surface area (Å²) in [6.45, 7) is 2.82. The van der Waals surface area contributed by atoms with E-state index in [-0.39, 0.29) is 5.95 Å². The fourth-order valence-corrected chi connectivity index (χ4v) is 2.47. The molecule has 0 saturated carbocycles. The Hall–Kier alpha value is -2.10. The van der Waals surface area contributed by atoms with Crippen LogP contribution in [-0.4, -0.2) is 22.3 Å². The SMILES string of the molecule is Cc1cccc(-c2nc(C3=NCCCCC3)c(O)o2)c1. The Labute approximate surface area is 118 Å². The number of aliphatic imine (C=N–C) groups is 1. The first-order valence-electron chi connectivity index (χ1n) is 7.04. The van der Waals surface area contributed by atoms with Gasteiger partial charge in [0.15, 0.2) is 5.69 Å². The van der Waals surface area contributed by atoms with Gasteiger partial charge in [-0.25, -0.2) is 4.98 Å². The highest BCUT2D eigenvalue weighted by atomic mass is 16.5. The predicted octanol–water partition coefficient (Wildman–Crippen LogP) is 3.72. The van der Waals surface area contributed by atoms with Crippen molar-refractivity contribution in [2.24, 2.45) is 4.99 Å². The van der Waals surface area contributed by atoms with Crippen LogP contribution in [0.3, 0.4) is 0 Å². The Balaban J connectivity index is 1.96. The second kappa shape index (κ2) is 5.49. The van der Waals surface area contributed by atoms with Crippen molar-refractivity contribution in [1.82, 2.24) is 4.98 Å². The molecule has 1 aliphatic heterocycles. The third-order valence-corrected chi connectivity index (χ3v) is 3.52. The number of rotatable bonds is 2. The van der Waals surface area contributed by atoms with Crippen LogP contribution < -0.4 is 0 Å². The molecule has 1 aromatic carbocycles. The molecule has 0 amide bonds. The van der Waals surface area contributed by atoms with Crippen molar-refractivity contribution in [1.29, 1.82) is 0 Å². The molecule has 0 unspecified atom stereocenters. The van der Waals surface area contributed by atoms with E-state index in [9.17, 15) is 5.11 Å². The minimum Gasteiger partial charge on any atom is -0.479 e. The first-order valence-corrected chi connectivity index (χ1v) is 7.04. The first kappa shape index (κ1) is 12.9. The van der Waals surface area contributed by atoms with Crippen LogP contribution >= 0.6 is 0 Å². The Kier molecular flexibility index (Phi) is 3.54. The number of oxazole rings is 1. The Morgan fingerprint density at radius 3 is 2.95 bits per heavy atom. The zero-order valence-electron chi connectivity index (χ0n) is 11.6. The summed E-state index contributed by atoms with van der Waals surface area (Å²) in [5, 5.41) is 10.00. The van der Waals surface area contributed by atoms with E-state index >= 15 is 0 Å². The molecule has 104 valence electrons. The Bertz CT molecular complexity index is 644. The molecule has 20 heavy (non-hydrogen) atoms. The number of aromatic hydroxyl groups is 1. The maximum Gasteiger partial charge on any atom is 0.312 e. The molecule has 4 heteroatoms. The van der Waals surface area contributed by atoms with Gasteiger partial charge in [-0.2, -0.15) is 0 Å². The lowest BCUT2D eigenvalue weighted by atomic mass is 10.1. The van der Waals surface area contributed by atoms with Crippen molar-refractivity contribution in [3.63, 3.8) is 0 Å². The van der Waals surface area contributed by atoms with Gasteiger partial charge in [0.1, 0.15) is 0 Å². The topological polar surface area (TPSA) is 58.6 Å². The van der Waals surface area contributed by atoms with Crippen molar-refractivity contribution in [2.75, 3.05) is 6.54 Å². The molecule has 2 heterocycles. The fourth-order valence-electron chi connectivity index (χ4n) is 2.47. The summed E-state index contributed by atoms with van der Waals surface area (Å²) in [7, 11) is 0. The van der Waals surface area contributed by atoms with E-state index in [0.717, 1.165) is 42.6 Å². The standard InChI is InChI=1S/C16H18N2O2/c1-11-6-5-7-12(10-11)15-18-14(16(19)20-15)13-8-3-2-4-9-17-13/h5-7,10,19H,2-4,8-9H2,1H3. The molecule has 0 spiro atoms. The molecule has 1 aromatic heterocycles. The second-order valence-corrected chi connectivity index (χ2v) is 5.18. The maximum atomic E-state index is 10.00. The van der Waals surface area contributed by atoms with Gasteiger partial charge in [0.2, 0.25) is 5.89 Å². The monoisotopic (exact) mass is 270 g/mol. The highest BCUT2D eigenvalue weighted by molar-refractivity contribution is 6.01. The molecule has 0 bridgehead atoms. The molecular formula is C16H18N2O2. The smallest absolute Gasteiger partial charge is 0.312 e. The number of aryl methyl sites for hydroxylation is 1. The molecule has 0 radical (unpaired) electrons. The molecule has 4 nitrogen and oxygen atoms in total. The van der Waals surface area contributed by atoms with Crippen molar-refractivity contribution >= 4 is 5.71 Å². The van der Waals surface area contributed by atoms with E-state index in [0.29, 0.717) is 11.6 Å². The van der Waals surface area contributed by atoms with Crippen LogP contribution in [0.5, 0.6) is 5.95 Å². The largest absolute Gasteiger partial charge is 0.479 e. The summed E-state index contributed by atoms with van der Waals surface area (Å²) < 4.78 is 5.41. The van der Waals surface area contributed by atoms with Gasteiger partial charge in [0.25, 0.3) is 0 Å². The van der Waals surface area contributed by atoms with Crippen molar-refractivity contribution < 1.29 is 9.52 Å². The van der Waals surface area contributed by atoms with Gasteiger partial charge < -0.3 is 9.52 Å². The van der Waals surface area contributed by atoms with Crippen molar-refractivity contribution in [2.45, 2.75) is 32.6 Å². The molecule has 0 atom stereocenters. The van der Waals surface area contributed by atoms with Gasteiger partial charge >= 0.3 is 5.95 Å². The van der Waals surface area contributed by atoms with Gasteiger partial charge in [0, 0.05) is 12.1 Å². The maximum absolute atomic E-state index is 10.00. The van der Waals surface area contributed by atoms with E-state index in [1.807, 2.05) is 31.2 Å². The lowest BCUT2D eigenvalue weighted by Gasteiger charge is -1.98. The third-order valence-electron chi connectivity index (χ3n) is 3.52. The molecule has 0 fully saturated rings. The molecule has 0 aliphatic carbocycles. The number of hydrogen-bond donors (Lipinski definition) is 1. The minimum atomic E-state index is -0.123. The van der Waals surface area contributed by atoms with Crippen LogP contribution in [0.25, 0.3) is 11.5 Å². The summed E-state index contributed by atoms with van der Waals surface area (Å²) in [4.78, 5) is 8.95. The summed E-state index contributed by atoms with van der Waals surface area (Å²) in [6.07, 6.45) is 4.22. The first-order chi connectivity index (χ1) is 9.74. The number of aromatic nitrogens is 1. The fraction of sp³-hybridized carbons (Fsp3) is 0.375. The second-order valence-electron chi connectivity index (χ2n) is 5.18. The van der Waals surface area contributed by atoms with Crippen LogP contribution in [0.15, 0.2) is 33.7 Å². The van der Waals surface area contributed by atoms with E-state index in [4.69, 9.17) is 4.42 Å². The van der Waals surface area contributed by atoms with Gasteiger partial charge in [-0.15, -0.1) is 0 Å². The van der Waals surface area contributed by atoms with E-state index in [1.165, 1.54) is 6.42 Å². The minimum absolute atomic E-state index is 0.123. The van der Waals surface area contributed by atoms with Crippen molar-refractivity contribution in [3.8, 4) is 17.4 Å². The van der Waals surface area contributed by atoms with Crippen LogP contribution in [0.4, 0.5) is 0 Å². The summed E-state index contributed by atoms with van der Waals surface area (Å²) >= 11 is 0. The Morgan fingerprint density at radius 1 is 1.20 bits per heavy atom. The molecule has 2 aromatic rings. The van der Waals surface area contributed by atoms with Crippen LogP contribution in [0, 0.1) is 6.92 Å². The summed E-state index contributed by atoms with van der Waals surface area (Å²) in [5.41, 5.74) is 3.38. The van der Waals surface area contributed by atoms with Gasteiger partial charge in [-0.3, -0.25) is 4.99 Å². The number of benzene rings is 1. The van der Waals surface area contributed by atoms with E-state index in [2.05, 4.69) is 9.98 Å². The van der Waals surface area contributed by atoms with Crippen molar-refractivity contribution in [3.05, 3.63) is 35.5 Å². The van der Waals surface area contributed by atoms with E-state index in [1.54, 1.807) is 0 Å². The zero-order chi connectivity index (χ0) is 13.9. The molecule has 1 N–H and O–H groups in total. The van der Waals surface area contributed by atoms with E-state index < -0.39 is 0 Å². The summed E-state index contributed by atoms with van der Waals surface area (Å²) in [5.74, 6) is 0.329. The van der Waals surface area contributed by atoms with Gasteiger partial charge in [-0.1, -0.05) is 24.1 Å². The van der Waals surface area contributed by atoms with Gasteiger partial charge in [-0.05, 0) is 38.3 Å². The third kappa shape index (κ3) is 2.59. The molecule has 0 saturated heterocycles. The molecule has 3 rings (SSSR count). The highest BCUT2D eigenvalue weighted by Crippen LogP contribution is 2.29. The highest BCUT2D eigenvalue weighted by Gasteiger charge is 2.19. The number of hydrogen-bond acceptors (Lipinski definition) is 4. The molecular weight excluding hydrogens is 252 g/mol. The number of nitrogens with zero attached hydrogens (tertiary/aromatic N) is 2. The van der Waals surface area contributed by atoms with Gasteiger partial charge in [0.05, 0.1) is 5.71 Å². The average Bonchev–Trinajstić information content (AvgIpc) is 2.66. The zero-order valence-corrected chi connectivity index (χ0v) is 11.6. The van der Waals surface area contributed by atoms with Crippen LogP contribution in [0.2, 0.25) is 0 Å². The normalized spacial score (nSPS) is 15.8. The predicted molar refractivity (Wildman–Crippen MR) is 78.2 cm³/mol. The Morgan fingerprint density at radius 2 is 2.10 bits per heavy atom. The molecule has 1 aliphatic rings. The summed E-state index contributed by atoms with van der Waals surface area (Å²) in [6, 6.07) is 7.89. The van der Waals surface area contributed by atoms with Crippen LogP contribution in [0.1, 0.15) is 36.9 Å². The quantitative estimate of drug-likeness (QED) is 0.904. The van der Waals surface area contributed by atoms with Crippen LogP contribution in [-0.2, 0) is 0 Å².